The SMILES string of the molecule is C=C1c2ccc(-n3cc(-c4cc(CCCC)ccc4C)nn3)cc2-c2cccc[n+]2C1(CC)CC. The van der Waals surface area contributed by atoms with E-state index in [2.05, 4.69) is 110 Å². The van der Waals surface area contributed by atoms with Gasteiger partial charge in [-0.05, 0) is 60.7 Å². The Morgan fingerprint density at radius 1 is 0.943 bits per heavy atom. The van der Waals surface area contributed by atoms with Gasteiger partial charge in [0, 0.05) is 36.1 Å². The summed E-state index contributed by atoms with van der Waals surface area (Å²) in [5, 5.41) is 9.07. The molecule has 0 saturated heterocycles. The highest BCUT2D eigenvalue weighted by atomic mass is 15.4. The molecule has 1 aliphatic heterocycles. The van der Waals surface area contributed by atoms with Gasteiger partial charge in [0.25, 0.3) is 0 Å². The molecule has 0 radical (unpaired) electrons. The number of fused-ring (bicyclic) bond motifs is 3. The van der Waals surface area contributed by atoms with Crippen molar-refractivity contribution in [1.82, 2.24) is 15.0 Å². The van der Waals surface area contributed by atoms with Crippen LogP contribution in [0.2, 0.25) is 0 Å². The van der Waals surface area contributed by atoms with Crippen molar-refractivity contribution in [3.05, 3.63) is 90.3 Å². The fraction of sp³-hybridized carbons (Fsp3) is 0.323. The molecule has 0 aliphatic carbocycles. The molecule has 0 atom stereocenters. The first-order chi connectivity index (χ1) is 17.0. The van der Waals surface area contributed by atoms with Crippen LogP contribution in [0.4, 0.5) is 0 Å². The Labute approximate surface area is 209 Å². The van der Waals surface area contributed by atoms with Gasteiger partial charge in [0.1, 0.15) is 5.69 Å². The van der Waals surface area contributed by atoms with Crippen LogP contribution < -0.4 is 4.57 Å². The minimum absolute atomic E-state index is 0.0914. The molecule has 4 nitrogen and oxygen atoms in total. The second kappa shape index (κ2) is 9.26. The van der Waals surface area contributed by atoms with E-state index in [1.165, 1.54) is 46.4 Å². The van der Waals surface area contributed by atoms with Gasteiger partial charge in [0.15, 0.2) is 11.7 Å². The molecule has 0 amide bonds. The molecule has 2 aromatic carbocycles. The van der Waals surface area contributed by atoms with Crippen molar-refractivity contribution in [3.8, 4) is 28.2 Å². The Bertz CT molecular complexity index is 1390. The van der Waals surface area contributed by atoms with Crippen molar-refractivity contribution in [2.24, 2.45) is 0 Å². The lowest BCUT2D eigenvalue weighted by molar-refractivity contribution is -0.741. The summed E-state index contributed by atoms with van der Waals surface area (Å²) in [4.78, 5) is 0. The van der Waals surface area contributed by atoms with Gasteiger partial charge in [-0.3, -0.25) is 0 Å². The largest absolute Gasteiger partial charge is 0.220 e. The van der Waals surface area contributed by atoms with Crippen LogP contribution in [0.3, 0.4) is 0 Å². The van der Waals surface area contributed by atoms with Crippen LogP contribution in [-0.2, 0) is 12.0 Å². The molecule has 1 aliphatic rings. The molecule has 0 N–H and O–H groups in total. The summed E-state index contributed by atoms with van der Waals surface area (Å²) in [7, 11) is 0. The van der Waals surface area contributed by atoms with E-state index in [0.29, 0.717) is 0 Å². The summed E-state index contributed by atoms with van der Waals surface area (Å²) < 4.78 is 4.31. The zero-order valence-electron chi connectivity index (χ0n) is 21.4. The van der Waals surface area contributed by atoms with Crippen LogP contribution in [0.25, 0.3) is 33.8 Å². The highest BCUT2D eigenvalue weighted by molar-refractivity contribution is 5.84. The lowest BCUT2D eigenvalue weighted by Gasteiger charge is -2.34. The van der Waals surface area contributed by atoms with E-state index >= 15 is 0 Å². The number of allylic oxidation sites excluding steroid dienone is 1. The molecule has 178 valence electrons. The molecule has 0 fully saturated rings. The number of pyridine rings is 1. The fourth-order valence-corrected chi connectivity index (χ4v) is 5.59. The lowest BCUT2D eigenvalue weighted by Crippen LogP contribution is -2.59. The van der Waals surface area contributed by atoms with Gasteiger partial charge in [-0.25, -0.2) is 4.68 Å². The highest BCUT2D eigenvalue weighted by Gasteiger charge is 2.46. The van der Waals surface area contributed by atoms with Gasteiger partial charge in [-0.2, -0.15) is 4.57 Å². The van der Waals surface area contributed by atoms with E-state index < -0.39 is 0 Å². The van der Waals surface area contributed by atoms with Crippen molar-refractivity contribution in [3.63, 3.8) is 0 Å². The lowest BCUT2D eigenvalue weighted by atomic mass is 9.75. The highest BCUT2D eigenvalue weighted by Crippen LogP contribution is 2.43. The van der Waals surface area contributed by atoms with Crippen molar-refractivity contribution in [2.45, 2.75) is 65.3 Å². The third-order valence-corrected chi connectivity index (χ3v) is 7.81. The van der Waals surface area contributed by atoms with E-state index in [4.69, 9.17) is 0 Å². The number of unbranched alkanes of at least 4 members (excludes halogenated alkanes) is 1. The van der Waals surface area contributed by atoms with E-state index in [-0.39, 0.29) is 5.54 Å². The molecule has 4 heteroatoms. The molecule has 4 aromatic rings. The molecule has 0 spiro atoms. The topological polar surface area (TPSA) is 34.6 Å². The number of aryl methyl sites for hydroxylation is 2. The number of nitrogens with zero attached hydrogens (tertiary/aromatic N) is 4. The monoisotopic (exact) mass is 463 g/mol. The zero-order chi connectivity index (χ0) is 24.6. The predicted octanol–water partition coefficient (Wildman–Crippen LogP) is 7.08. The summed E-state index contributed by atoms with van der Waals surface area (Å²) in [5.74, 6) is 0. The Morgan fingerprint density at radius 2 is 1.77 bits per heavy atom. The zero-order valence-corrected chi connectivity index (χ0v) is 21.4. The first-order valence-corrected chi connectivity index (χ1v) is 12.9. The number of benzene rings is 2. The number of aromatic nitrogens is 4. The maximum atomic E-state index is 4.58. The quantitative estimate of drug-likeness (QED) is 0.274. The predicted molar refractivity (Wildman–Crippen MR) is 143 cm³/mol. The Kier molecular flexibility index (Phi) is 6.14. The molecule has 35 heavy (non-hydrogen) atoms. The Hall–Kier alpha value is -3.53. The molecular formula is C31H35N4+. The molecule has 2 aromatic heterocycles. The van der Waals surface area contributed by atoms with Gasteiger partial charge in [-0.15, -0.1) is 5.10 Å². The second-order valence-corrected chi connectivity index (χ2v) is 9.70. The first-order valence-electron chi connectivity index (χ1n) is 12.9. The van der Waals surface area contributed by atoms with Gasteiger partial charge in [-0.1, -0.05) is 57.2 Å². The van der Waals surface area contributed by atoms with Crippen LogP contribution >= 0.6 is 0 Å². The van der Waals surface area contributed by atoms with E-state index in [9.17, 15) is 0 Å². The summed E-state index contributed by atoms with van der Waals surface area (Å²) in [6.45, 7) is 13.5. The fourth-order valence-electron chi connectivity index (χ4n) is 5.59. The minimum atomic E-state index is -0.0914. The number of hydrogen-bond donors (Lipinski definition) is 0. The standard InChI is InChI=1S/C31H35N4/c1-6-9-12-24-15-14-22(4)27(19-24)29-21-35(33-32-29)25-16-17-26-23(5)31(7-2,8-3)34-18-11-10-13-30(34)28(26)20-25/h10-11,13-21H,5-9,12H2,1-4H3/q+1. The average molecular weight is 464 g/mol. The molecule has 0 saturated carbocycles. The minimum Gasteiger partial charge on any atom is -0.220 e. The maximum Gasteiger partial charge on any atom is 0.213 e. The maximum absolute atomic E-state index is 4.58. The van der Waals surface area contributed by atoms with Crippen LogP contribution in [0.1, 0.15) is 63.1 Å². The third kappa shape index (κ3) is 3.81. The molecule has 3 heterocycles. The average Bonchev–Trinajstić information content (AvgIpc) is 3.39. The molecule has 0 bridgehead atoms. The van der Waals surface area contributed by atoms with Gasteiger partial charge in [0.2, 0.25) is 5.69 Å². The van der Waals surface area contributed by atoms with Crippen molar-refractivity contribution in [1.29, 1.82) is 0 Å². The molecule has 0 unspecified atom stereocenters. The summed E-state index contributed by atoms with van der Waals surface area (Å²) >= 11 is 0. The van der Waals surface area contributed by atoms with Crippen LogP contribution in [0.15, 0.2) is 73.6 Å². The normalized spacial score (nSPS) is 14.0. The summed E-state index contributed by atoms with van der Waals surface area (Å²) in [5.41, 5.74) is 10.4. The van der Waals surface area contributed by atoms with Crippen molar-refractivity contribution in [2.75, 3.05) is 0 Å². The van der Waals surface area contributed by atoms with Gasteiger partial charge >= 0.3 is 0 Å². The Balaban J connectivity index is 1.56. The molecular weight excluding hydrogens is 428 g/mol. The van der Waals surface area contributed by atoms with E-state index in [1.54, 1.807) is 0 Å². The van der Waals surface area contributed by atoms with Gasteiger partial charge in [0.05, 0.1) is 17.4 Å². The third-order valence-electron chi connectivity index (χ3n) is 7.81. The van der Waals surface area contributed by atoms with E-state index in [1.807, 2.05) is 10.9 Å². The smallest absolute Gasteiger partial charge is 0.213 e. The number of rotatable bonds is 7. The van der Waals surface area contributed by atoms with E-state index in [0.717, 1.165) is 36.2 Å². The van der Waals surface area contributed by atoms with Gasteiger partial charge < -0.3 is 0 Å². The van der Waals surface area contributed by atoms with Crippen LogP contribution in [0, 0.1) is 6.92 Å². The van der Waals surface area contributed by atoms with Crippen molar-refractivity contribution < 1.29 is 4.57 Å². The molecule has 5 rings (SSSR count). The number of hydrogen-bond acceptors (Lipinski definition) is 2. The van der Waals surface area contributed by atoms with Crippen LogP contribution in [-0.4, -0.2) is 15.0 Å². The van der Waals surface area contributed by atoms with Crippen LogP contribution in [0.5, 0.6) is 0 Å². The summed E-state index contributed by atoms with van der Waals surface area (Å²) in [6.07, 6.45) is 9.76. The summed E-state index contributed by atoms with van der Waals surface area (Å²) in [6, 6.07) is 19.7. The first kappa shape index (κ1) is 23.2. The van der Waals surface area contributed by atoms with Crippen molar-refractivity contribution >= 4 is 5.57 Å². The second-order valence-electron chi connectivity index (χ2n) is 9.70. The Morgan fingerprint density at radius 3 is 2.54 bits per heavy atom.